The number of anilines is 2. The summed E-state index contributed by atoms with van der Waals surface area (Å²) in [5.41, 5.74) is 0. The van der Waals surface area contributed by atoms with Crippen LogP contribution in [0.15, 0.2) is 12.4 Å². The number of rotatable bonds is 3. The number of nitrogens with zero attached hydrogens (tertiary/aromatic N) is 5. The molecule has 0 spiro atoms. The van der Waals surface area contributed by atoms with Crippen molar-refractivity contribution < 1.29 is 0 Å². The van der Waals surface area contributed by atoms with Crippen molar-refractivity contribution in [3.63, 3.8) is 0 Å². The van der Waals surface area contributed by atoms with Gasteiger partial charge >= 0.3 is 0 Å². The predicted molar refractivity (Wildman–Crippen MR) is 70.2 cm³/mol. The van der Waals surface area contributed by atoms with E-state index in [1.807, 2.05) is 12.3 Å². The minimum Gasteiger partial charge on any atom is -0.356 e. The number of hydrogen-bond acceptors (Lipinski definition) is 6. The van der Waals surface area contributed by atoms with E-state index in [4.69, 9.17) is 5.26 Å². The third-order valence-corrected chi connectivity index (χ3v) is 3.43. The van der Waals surface area contributed by atoms with Gasteiger partial charge in [-0.25, -0.2) is 9.97 Å². The summed E-state index contributed by atoms with van der Waals surface area (Å²) < 4.78 is 0. The molecule has 96 valence electrons. The van der Waals surface area contributed by atoms with Crippen molar-refractivity contribution in [3.05, 3.63) is 12.4 Å². The van der Waals surface area contributed by atoms with E-state index in [9.17, 15) is 0 Å². The molecule has 1 fully saturated rings. The second-order valence-corrected chi connectivity index (χ2v) is 4.64. The minimum atomic E-state index is 0.506. The van der Waals surface area contributed by atoms with Crippen LogP contribution in [0.2, 0.25) is 0 Å². The van der Waals surface area contributed by atoms with Crippen molar-refractivity contribution in [2.24, 2.45) is 0 Å². The summed E-state index contributed by atoms with van der Waals surface area (Å²) in [5.74, 6) is 1.40. The summed E-state index contributed by atoms with van der Waals surface area (Å²) in [6, 6.07) is 2.31. The van der Waals surface area contributed by atoms with Gasteiger partial charge in [0, 0.05) is 19.2 Å². The van der Waals surface area contributed by atoms with E-state index in [0.717, 1.165) is 31.7 Å². The molecule has 0 aromatic carbocycles. The van der Waals surface area contributed by atoms with Gasteiger partial charge in [-0.15, -0.1) is 0 Å². The maximum Gasteiger partial charge on any atom is 0.182 e. The lowest BCUT2D eigenvalue weighted by molar-refractivity contribution is 0.252. The van der Waals surface area contributed by atoms with Crippen LogP contribution in [0.5, 0.6) is 0 Å². The zero-order valence-electron chi connectivity index (χ0n) is 10.8. The van der Waals surface area contributed by atoms with Crippen LogP contribution < -0.4 is 10.2 Å². The number of aromatic nitrogens is 2. The smallest absolute Gasteiger partial charge is 0.182 e. The molecule has 0 aliphatic carbocycles. The zero-order valence-corrected chi connectivity index (χ0v) is 10.8. The highest BCUT2D eigenvalue weighted by Crippen LogP contribution is 2.20. The first-order valence-electron chi connectivity index (χ1n) is 6.09. The molecule has 1 saturated heterocycles. The third kappa shape index (κ3) is 2.87. The normalized spacial score (nSPS) is 17.2. The number of likely N-dealkylation sites (tertiary alicyclic amines) is 1. The van der Waals surface area contributed by atoms with E-state index in [1.165, 1.54) is 6.33 Å². The standard InChI is InChI=1S/C12H18N6/c1-17-5-3-10(4-6-17)18(2)12-7-11(14-8-13)15-9-16-12/h7,9-10H,3-6H2,1-2H3,(H,14,15,16). The molecule has 0 amide bonds. The number of piperidine rings is 1. The van der Waals surface area contributed by atoms with E-state index >= 15 is 0 Å². The van der Waals surface area contributed by atoms with Gasteiger partial charge in [-0.3, -0.25) is 5.32 Å². The van der Waals surface area contributed by atoms with E-state index in [-0.39, 0.29) is 0 Å². The SMILES string of the molecule is CN1CCC(N(C)c2cc(NC#N)ncn2)CC1. The van der Waals surface area contributed by atoms with Crippen molar-refractivity contribution in [1.29, 1.82) is 5.26 Å². The Kier molecular flexibility index (Phi) is 3.95. The van der Waals surface area contributed by atoms with Crippen LogP contribution in [0.4, 0.5) is 11.6 Å². The van der Waals surface area contributed by atoms with Gasteiger partial charge in [0.05, 0.1) is 0 Å². The van der Waals surface area contributed by atoms with Crippen LogP contribution in [0.1, 0.15) is 12.8 Å². The summed E-state index contributed by atoms with van der Waals surface area (Å²) >= 11 is 0. The molecule has 2 heterocycles. The summed E-state index contributed by atoms with van der Waals surface area (Å²) in [6.45, 7) is 2.23. The topological polar surface area (TPSA) is 68.1 Å². The van der Waals surface area contributed by atoms with E-state index in [2.05, 4.69) is 39.2 Å². The predicted octanol–water partition coefficient (Wildman–Crippen LogP) is 0.900. The lowest BCUT2D eigenvalue weighted by Gasteiger charge is -2.35. The molecule has 0 radical (unpaired) electrons. The Morgan fingerprint density at radius 3 is 2.83 bits per heavy atom. The van der Waals surface area contributed by atoms with Crippen molar-refractivity contribution in [2.75, 3.05) is 37.4 Å². The summed E-state index contributed by atoms with van der Waals surface area (Å²) in [5, 5.41) is 11.1. The number of nitriles is 1. The molecule has 2 rings (SSSR count). The molecule has 0 bridgehead atoms. The zero-order chi connectivity index (χ0) is 13.0. The van der Waals surface area contributed by atoms with Gasteiger partial charge in [0.15, 0.2) is 6.19 Å². The maximum atomic E-state index is 8.59. The Hall–Kier alpha value is -1.87. The van der Waals surface area contributed by atoms with Crippen molar-refractivity contribution in [1.82, 2.24) is 14.9 Å². The molecule has 1 aliphatic rings. The van der Waals surface area contributed by atoms with Crippen LogP contribution in [-0.4, -0.2) is 48.1 Å². The third-order valence-electron chi connectivity index (χ3n) is 3.43. The van der Waals surface area contributed by atoms with Gasteiger partial charge in [0.25, 0.3) is 0 Å². The lowest BCUT2D eigenvalue weighted by Crippen LogP contribution is -2.42. The quantitative estimate of drug-likeness (QED) is 0.631. The Morgan fingerprint density at radius 2 is 2.17 bits per heavy atom. The second-order valence-electron chi connectivity index (χ2n) is 4.64. The molecule has 1 aromatic heterocycles. The van der Waals surface area contributed by atoms with Crippen LogP contribution in [0, 0.1) is 11.5 Å². The molecule has 1 aromatic rings. The molecule has 18 heavy (non-hydrogen) atoms. The average molecular weight is 246 g/mol. The molecule has 6 heteroatoms. The fourth-order valence-corrected chi connectivity index (χ4v) is 2.23. The summed E-state index contributed by atoms with van der Waals surface area (Å²) in [6.07, 6.45) is 5.63. The molecule has 1 aliphatic heterocycles. The van der Waals surface area contributed by atoms with Gasteiger partial charge < -0.3 is 9.80 Å². The fraction of sp³-hybridized carbons (Fsp3) is 0.583. The van der Waals surface area contributed by atoms with Gasteiger partial charge in [0.1, 0.15) is 18.0 Å². The van der Waals surface area contributed by atoms with Gasteiger partial charge in [-0.2, -0.15) is 5.26 Å². The van der Waals surface area contributed by atoms with Crippen molar-refractivity contribution in [3.8, 4) is 6.19 Å². The Bertz CT molecular complexity index is 432. The minimum absolute atomic E-state index is 0.506. The maximum absolute atomic E-state index is 8.59. The van der Waals surface area contributed by atoms with Gasteiger partial charge in [-0.1, -0.05) is 0 Å². The van der Waals surface area contributed by atoms with Crippen LogP contribution in [0.3, 0.4) is 0 Å². The van der Waals surface area contributed by atoms with Gasteiger partial charge in [0.2, 0.25) is 0 Å². The fourth-order valence-electron chi connectivity index (χ4n) is 2.23. The van der Waals surface area contributed by atoms with Crippen LogP contribution >= 0.6 is 0 Å². The largest absolute Gasteiger partial charge is 0.356 e. The molecule has 0 atom stereocenters. The number of nitrogens with one attached hydrogen (secondary N) is 1. The molecule has 1 N–H and O–H groups in total. The number of hydrogen-bond donors (Lipinski definition) is 1. The highest BCUT2D eigenvalue weighted by Gasteiger charge is 2.21. The Morgan fingerprint density at radius 1 is 1.44 bits per heavy atom. The van der Waals surface area contributed by atoms with Crippen LogP contribution in [-0.2, 0) is 0 Å². The molecular weight excluding hydrogens is 228 g/mol. The molecular formula is C12H18N6. The highest BCUT2D eigenvalue weighted by atomic mass is 15.2. The Balaban J connectivity index is 2.06. The summed E-state index contributed by atoms with van der Waals surface area (Å²) in [7, 11) is 4.20. The highest BCUT2D eigenvalue weighted by molar-refractivity contribution is 5.50. The second kappa shape index (κ2) is 5.65. The van der Waals surface area contributed by atoms with E-state index in [0.29, 0.717) is 11.9 Å². The van der Waals surface area contributed by atoms with Crippen LogP contribution in [0.25, 0.3) is 0 Å². The van der Waals surface area contributed by atoms with E-state index < -0.39 is 0 Å². The van der Waals surface area contributed by atoms with Gasteiger partial charge in [-0.05, 0) is 33.0 Å². The first-order valence-corrected chi connectivity index (χ1v) is 6.09. The molecule has 0 unspecified atom stereocenters. The van der Waals surface area contributed by atoms with Crippen molar-refractivity contribution >= 4 is 11.6 Å². The lowest BCUT2D eigenvalue weighted by atomic mass is 10.0. The van der Waals surface area contributed by atoms with Crippen molar-refractivity contribution in [2.45, 2.75) is 18.9 Å². The molecule has 0 saturated carbocycles. The average Bonchev–Trinajstić information content (AvgIpc) is 2.39. The van der Waals surface area contributed by atoms with E-state index in [1.54, 1.807) is 0 Å². The first-order chi connectivity index (χ1) is 8.70. The first kappa shape index (κ1) is 12.6. The summed E-state index contributed by atoms with van der Waals surface area (Å²) in [4.78, 5) is 12.8. The monoisotopic (exact) mass is 246 g/mol. The Labute approximate surface area is 107 Å². The molecule has 6 nitrogen and oxygen atoms in total.